The highest BCUT2D eigenvalue weighted by atomic mass is 16.5. The molecule has 0 spiro atoms. The lowest BCUT2D eigenvalue weighted by atomic mass is 10.2. The maximum absolute atomic E-state index is 12.7. The Morgan fingerprint density at radius 2 is 1.94 bits per heavy atom. The van der Waals surface area contributed by atoms with Crippen LogP contribution in [-0.4, -0.2) is 50.1 Å². The van der Waals surface area contributed by atoms with Crippen LogP contribution in [0.5, 0.6) is 5.75 Å². The molecule has 4 rings (SSSR count). The van der Waals surface area contributed by atoms with Crippen molar-refractivity contribution in [3.63, 3.8) is 0 Å². The highest BCUT2D eigenvalue weighted by Crippen LogP contribution is 2.26. The molecule has 9 heteroatoms. The fraction of sp³-hybridized carbons (Fsp3) is 0.227. The van der Waals surface area contributed by atoms with E-state index in [1.165, 1.54) is 19.2 Å². The Bertz CT molecular complexity index is 1080. The van der Waals surface area contributed by atoms with E-state index in [2.05, 4.69) is 25.8 Å². The molecule has 2 aromatic heterocycles. The van der Waals surface area contributed by atoms with E-state index in [0.717, 1.165) is 31.9 Å². The number of anilines is 3. The fourth-order valence-corrected chi connectivity index (χ4v) is 3.32. The van der Waals surface area contributed by atoms with Crippen LogP contribution in [0.15, 0.2) is 59.3 Å². The third-order valence-corrected chi connectivity index (χ3v) is 4.90. The summed E-state index contributed by atoms with van der Waals surface area (Å²) in [6.07, 6.45) is 3.32. The Balaban J connectivity index is 1.43. The molecule has 160 valence electrons. The van der Waals surface area contributed by atoms with Gasteiger partial charge in [-0.25, -0.2) is 0 Å². The van der Waals surface area contributed by atoms with Gasteiger partial charge in [0.25, 0.3) is 11.8 Å². The van der Waals surface area contributed by atoms with Crippen molar-refractivity contribution >= 4 is 29.1 Å². The zero-order valence-electron chi connectivity index (χ0n) is 17.1. The Labute approximate surface area is 179 Å². The number of pyridine rings is 1. The Kier molecular flexibility index (Phi) is 6.13. The minimum absolute atomic E-state index is 0.0797. The van der Waals surface area contributed by atoms with E-state index in [1.54, 1.807) is 36.7 Å². The van der Waals surface area contributed by atoms with Crippen LogP contribution in [0.25, 0.3) is 0 Å². The highest BCUT2D eigenvalue weighted by Gasteiger charge is 2.18. The molecule has 1 aliphatic heterocycles. The van der Waals surface area contributed by atoms with Crippen molar-refractivity contribution in [1.29, 1.82) is 0 Å². The fourth-order valence-electron chi connectivity index (χ4n) is 3.32. The molecule has 31 heavy (non-hydrogen) atoms. The number of hydrogen-bond donors (Lipinski definition) is 3. The lowest BCUT2D eigenvalue weighted by molar-refractivity contribution is 0.0988. The average Bonchev–Trinajstić information content (AvgIpc) is 3.28. The third kappa shape index (κ3) is 4.84. The number of aromatic nitrogens is 1. The number of carbonyl (C=O) groups excluding carboxylic acids is 2. The number of furan rings is 1. The second-order valence-corrected chi connectivity index (χ2v) is 6.93. The van der Waals surface area contributed by atoms with Crippen molar-refractivity contribution in [3.05, 3.63) is 66.2 Å². The number of ether oxygens (including phenoxy) is 1. The highest BCUT2D eigenvalue weighted by molar-refractivity contribution is 6.06. The molecule has 1 aliphatic rings. The molecule has 3 heterocycles. The molecule has 2 amide bonds. The molecule has 0 radical (unpaired) electrons. The van der Waals surface area contributed by atoms with E-state index in [1.807, 2.05) is 6.07 Å². The van der Waals surface area contributed by atoms with Crippen LogP contribution in [0.2, 0.25) is 0 Å². The predicted octanol–water partition coefficient (Wildman–Crippen LogP) is 2.60. The topological polar surface area (TPSA) is 109 Å². The Hall–Kier alpha value is -3.85. The predicted molar refractivity (Wildman–Crippen MR) is 117 cm³/mol. The number of carbonyl (C=O) groups is 2. The summed E-state index contributed by atoms with van der Waals surface area (Å²) in [6, 6.07) is 11.7. The van der Waals surface area contributed by atoms with Gasteiger partial charge in [-0.3, -0.25) is 19.9 Å². The lowest BCUT2D eigenvalue weighted by Crippen LogP contribution is -2.43. The molecule has 1 fully saturated rings. The lowest BCUT2D eigenvalue weighted by Gasteiger charge is -2.30. The van der Waals surface area contributed by atoms with Crippen LogP contribution >= 0.6 is 0 Å². The molecule has 0 atom stereocenters. The zero-order chi connectivity index (χ0) is 21.6. The minimum Gasteiger partial charge on any atom is -0.497 e. The molecular formula is C22H23N5O4. The largest absolute Gasteiger partial charge is 0.497 e. The standard InChI is InChI=1S/C22H23N5O4/c1-30-16-4-2-3-15(13-16)21(28)26-20-6-5-19(31-20)22(29)25-17-14-24-8-7-18(17)27-11-9-23-10-12-27/h2-8,13-14,23H,9-12H2,1H3,(H,25,29)(H,26,28). The van der Waals surface area contributed by atoms with E-state index in [9.17, 15) is 9.59 Å². The molecular weight excluding hydrogens is 398 g/mol. The minimum atomic E-state index is -0.425. The number of piperazine rings is 1. The number of nitrogens with zero attached hydrogens (tertiary/aromatic N) is 2. The summed E-state index contributed by atoms with van der Waals surface area (Å²) >= 11 is 0. The first kappa shape index (κ1) is 20.4. The summed E-state index contributed by atoms with van der Waals surface area (Å²) in [4.78, 5) is 31.4. The quantitative estimate of drug-likeness (QED) is 0.561. The smallest absolute Gasteiger partial charge is 0.291 e. The molecule has 3 N–H and O–H groups in total. The SMILES string of the molecule is COc1cccc(C(=O)Nc2ccc(C(=O)Nc3cnccc3N3CCNCC3)o2)c1. The van der Waals surface area contributed by atoms with Crippen molar-refractivity contribution in [2.75, 3.05) is 48.8 Å². The third-order valence-electron chi connectivity index (χ3n) is 4.90. The first-order valence-corrected chi connectivity index (χ1v) is 9.90. The average molecular weight is 421 g/mol. The maximum atomic E-state index is 12.7. The molecule has 1 saturated heterocycles. The summed E-state index contributed by atoms with van der Waals surface area (Å²) < 4.78 is 10.7. The second-order valence-electron chi connectivity index (χ2n) is 6.93. The first-order chi connectivity index (χ1) is 15.1. The molecule has 1 aromatic carbocycles. The number of benzene rings is 1. The monoisotopic (exact) mass is 421 g/mol. The summed E-state index contributed by atoms with van der Waals surface area (Å²) in [5.41, 5.74) is 1.92. The van der Waals surface area contributed by atoms with Crippen molar-refractivity contribution in [2.45, 2.75) is 0 Å². The van der Waals surface area contributed by atoms with Crippen LogP contribution in [-0.2, 0) is 0 Å². The van der Waals surface area contributed by atoms with Crippen LogP contribution in [0.1, 0.15) is 20.9 Å². The summed E-state index contributed by atoms with van der Waals surface area (Å²) in [5.74, 6) is 0.0335. The normalized spacial score (nSPS) is 13.5. The van der Waals surface area contributed by atoms with Crippen LogP contribution in [0, 0.1) is 0 Å². The number of rotatable bonds is 6. The van der Waals surface area contributed by atoms with Gasteiger partial charge in [0, 0.05) is 44.0 Å². The van der Waals surface area contributed by atoms with Gasteiger partial charge in [-0.05, 0) is 30.3 Å². The van der Waals surface area contributed by atoms with E-state index in [4.69, 9.17) is 9.15 Å². The molecule has 3 aromatic rings. The second kappa shape index (κ2) is 9.31. The molecule has 0 saturated carbocycles. The number of nitrogens with one attached hydrogen (secondary N) is 3. The number of amides is 2. The van der Waals surface area contributed by atoms with Gasteiger partial charge in [0.2, 0.25) is 5.88 Å². The van der Waals surface area contributed by atoms with Gasteiger partial charge in [0.1, 0.15) is 5.75 Å². The summed E-state index contributed by atoms with van der Waals surface area (Å²) in [6.45, 7) is 3.44. The Morgan fingerprint density at radius 1 is 1.10 bits per heavy atom. The van der Waals surface area contributed by atoms with Gasteiger partial charge in [-0.1, -0.05) is 6.07 Å². The Morgan fingerprint density at radius 3 is 2.74 bits per heavy atom. The summed E-state index contributed by atoms with van der Waals surface area (Å²) in [5, 5.41) is 8.80. The van der Waals surface area contributed by atoms with Crippen molar-refractivity contribution in [2.24, 2.45) is 0 Å². The van der Waals surface area contributed by atoms with Crippen LogP contribution in [0.4, 0.5) is 17.3 Å². The summed E-state index contributed by atoms with van der Waals surface area (Å²) in [7, 11) is 1.53. The van der Waals surface area contributed by atoms with Crippen molar-refractivity contribution in [3.8, 4) is 5.75 Å². The van der Waals surface area contributed by atoms with E-state index in [0.29, 0.717) is 17.0 Å². The number of hydrogen-bond acceptors (Lipinski definition) is 7. The van der Waals surface area contributed by atoms with Gasteiger partial charge in [-0.15, -0.1) is 0 Å². The van der Waals surface area contributed by atoms with Gasteiger partial charge in [0.05, 0.1) is 24.7 Å². The van der Waals surface area contributed by atoms with Gasteiger partial charge >= 0.3 is 0 Å². The van der Waals surface area contributed by atoms with Gasteiger partial charge in [0.15, 0.2) is 5.76 Å². The van der Waals surface area contributed by atoms with E-state index in [-0.39, 0.29) is 17.6 Å². The number of methoxy groups -OCH3 is 1. The van der Waals surface area contributed by atoms with Crippen LogP contribution < -0.4 is 25.6 Å². The van der Waals surface area contributed by atoms with Gasteiger partial charge < -0.3 is 24.7 Å². The maximum Gasteiger partial charge on any atom is 0.291 e. The molecule has 0 unspecified atom stereocenters. The molecule has 0 aliphatic carbocycles. The van der Waals surface area contributed by atoms with Crippen molar-refractivity contribution in [1.82, 2.24) is 10.3 Å². The van der Waals surface area contributed by atoms with Crippen LogP contribution in [0.3, 0.4) is 0 Å². The molecule has 0 bridgehead atoms. The van der Waals surface area contributed by atoms with E-state index >= 15 is 0 Å². The van der Waals surface area contributed by atoms with E-state index < -0.39 is 5.91 Å². The zero-order valence-corrected chi connectivity index (χ0v) is 17.1. The van der Waals surface area contributed by atoms with Gasteiger partial charge in [-0.2, -0.15) is 0 Å². The first-order valence-electron chi connectivity index (χ1n) is 9.90. The van der Waals surface area contributed by atoms with Crippen molar-refractivity contribution < 1.29 is 18.7 Å². The molecule has 9 nitrogen and oxygen atoms in total.